The Hall–Kier alpha value is -3.57. The van der Waals surface area contributed by atoms with E-state index in [2.05, 4.69) is 15.5 Å². The van der Waals surface area contributed by atoms with Crippen LogP contribution in [0.1, 0.15) is 42.9 Å². The maximum atomic E-state index is 13.2. The smallest absolute Gasteiger partial charge is 0.275 e. The molecule has 0 saturated carbocycles. The van der Waals surface area contributed by atoms with Gasteiger partial charge in [0.05, 0.1) is 31.6 Å². The van der Waals surface area contributed by atoms with Crippen molar-refractivity contribution in [3.05, 3.63) is 54.0 Å². The fourth-order valence-electron chi connectivity index (χ4n) is 4.36. The number of aliphatic hydroxyl groups excluding tert-OH is 1. The van der Waals surface area contributed by atoms with Crippen molar-refractivity contribution in [1.82, 2.24) is 30.0 Å². The number of nitrogens with zero attached hydrogens (tertiary/aromatic N) is 6. The van der Waals surface area contributed by atoms with Crippen LogP contribution in [-0.4, -0.2) is 85.8 Å². The van der Waals surface area contributed by atoms with Crippen molar-refractivity contribution < 1.29 is 24.0 Å². The van der Waals surface area contributed by atoms with Gasteiger partial charge in [0.1, 0.15) is 5.69 Å². The highest BCUT2D eigenvalue weighted by Crippen LogP contribution is 2.22. The van der Waals surface area contributed by atoms with Crippen molar-refractivity contribution in [2.45, 2.75) is 52.0 Å². The Balaban J connectivity index is 1.51. The highest BCUT2D eigenvalue weighted by Gasteiger charge is 2.29. The molecule has 37 heavy (non-hydrogen) atoms. The number of carbonyl (C=O) groups is 2. The Kier molecular flexibility index (Phi) is 8.67. The van der Waals surface area contributed by atoms with Crippen molar-refractivity contribution >= 4 is 11.8 Å². The number of aromatic nitrogens is 4. The molecule has 0 aliphatic carbocycles. The normalized spacial score (nSPS) is 20.0. The lowest BCUT2D eigenvalue weighted by Crippen LogP contribution is -2.47. The number of likely N-dealkylation sites (N-methyl/N-ethyl adjacent to an activating group) is 1. The number of hydrogen-bond donors (Lipinski definition) is 1. The summed E-state index contributed by atoms with van der Waals surface area (Å²) in [4.78, 5) is 29.5. The first-order valence-electron chi connectivity index (χ1n) is 12.5. The molecule has 2 amide bonds. The first kappa shape index (κ1) is 26.5. The van der Waals surface area contributed by atoms with Crippen LogP contribution in [0.3, 0.4) is 0 Å². The van der Waals surface area contributed by atoms with Gasteiger partial charge in [0.25, 0.3) is 5.91 Å². The van der Waals surface area contributed by atoms with Crippen LogP contribution in [0.25, 0.3) is 11.3 Å². The van der Waals surface area contributed by atoms with Gasteiger partial charge in [-0.1, -0.05) is 47.6 Å². The summed E-state index contributed by atoms with van der Waals surface area (Å²) in [6.07, 6.45) is 2.36. The lowest BCUT2D eigenvalue weighted by Gasteiger charge is -2.35. The van der Waals surface area contributed by atoms with E-state index in [0.717, 1.165) is 5.56 Å². The molecule has 0 saturated heterocycles. The van der Waals surface area contributed by atoms with Crippen molar-refractivity contribution in [2.75, 3.05) is 26.7 Å². The number of amides is 2. The van der Waals surface area contributed by atoms with Crippen molar-refractivity contribution in [3.8, 4) is 11.3 Å². The monoisotopic (exact) mass is 510 g/mol. The molecular formula is C26H34N6O5. The number of hydrogen-bond acceptors (Lipinski definition) is 8. The van der Waals surface area contributed by atoms with Crippen LogP contribution in [0.15, 0.2) is 47.1 Å². The van der Waals surface area contributed by atoms with Crippen LogP contribution >= 0.6 is 0 Å². The minimum absolute atomic E-state index is 0.0350. The highest BCUT2D eigenvalue weighted by atomic mass is 16.5. The van der Waals surface area contributed by atoms with E-state index in [9.17, 15) is 14.7 Å². The number of rotatable bonds is 6. The zero-order chi connectivity index (χ0) is 26.4. The van der Waals surface area contributed by atoms with E-state index in [1.807, 2.05) is 50.4 Å². The molecule has 0 radical (unpaired) electrons. The second-order valence-electron chi connectivity index (χ2n) is 9.61. The summed E-state index contributed by atoms with van der Waals surface area (Å²) in [6.45, 7) is 5.11. The fourth-order valence-corrected chi connectivity index (χ4v) is 4.36. The number of benzene rings is 1. The van der Waals surface area contributed by atoms with Gasteiger partial charge in [-0.05, 0) is 13.3 Å². The molecular weight excluding hydrogens is 476 g/mol. The third-order valence-electron chi connectivity index (χ3n) is 6.63. The summed E-state index contributed by atoms with van der Waals surface area (Å²) in [5.41, 5.74) is 1.72. The predicted octanol–water partition coefficient (Wildman–Crippen LogP) is 2.23. The van der Waals surface area contributed by atoms with Crippen LogP contribution in [0, 0.1) is 5.92 Å². The summed E-state index contributed by atoms with van der Waals surface area (Å²) in [5.74, 6) is 0.0416. The number of aliphatic hydroxyl groups is 1. The Bertz CT molecular complexity index is 1180. The van der Waals surface area contributed by atoms with E-state index in [-0.39, 0.29) is 49.2 Å². The van der Waals surface area contributed by atoms with E-state index < -0.39 is 6.10 Å². The molecule has 2 aromatic heterocycles. The molecule has 0 spiro atoms. The molecule has 1 aliphatic heterocycles. The molecule has 0 unspecified atom stereocenters. The number of fused-ring (bicyclic) bond motifs is 2. The van der Waals surface area contributed by atoms with Gasteiger partial charge >= 0.3 is 0 Å². The molecule has 1 N–H and O–H groups in total. The Labute approximate surface area is 216 Å². The quantitative estimate of drug-likeness (QED) is 0.535. The van der Waals surface area contributed by atoms with E-state index in [1.165, 1.54) is 0 Å². The topological polar surface area (TPSA) is 127 Å². The van der Waals surface area contributed by atoms with Crippen molar-refractivity contribution in [2.24, 2.45) is 5.92 Å². The number of aryl methyl sites for hydroxylation is 1. The van der Waals surface area contributed by atoms with E-state index in [4.69, 9.17) is 9.26 Å². The lowest BCUT2D eigenvalue weighted by atomic mass is 10.0. The highest BCUT2D eigenvalue weighted by molar-refractivity contribution is 5.93. The van der Waals surface area contributed by atoms with Gasteiger partial charge in [0.15, 0.2) is 11.5 Å². The average molecular weight is 511 g/mol. The predicted molar refractivity (Wildman–Crippen MR) is 134 cm³/mol. The lowest BCUT2D eigenvalue weighted by molar-refractivity contribution is -0.136. The molecule has 3 heterocycles. The van der Waals surface area contributed by atoms with E-state index in [0.29, 0.717) is 37.4 Å². The second-order valence-corrected chi connectivity index (χ2v) is 9.61. The zero-order valence-electron chi connectivity index (χ0n) is 21.5. The minimum atomic E-state index is -0.415. The van der Waals surface area contributed by atoms with Crippen LogP contribution in [0.2, 0.25) is 0 Å². The molecule has 198 valence electrons. The van der Waals surface area contributed by atoms with Gasteiger partial charge in [-0.15, -0.1) is 5.10 Å². The SMILES string of the molecule is C[C@H](CO)N1C[C@H](C)[C@@H](CN(C)C(=O)c2cc(-c3ccccc3)on2)OCc2cn(nn2)CCCC1=O. The summed E-state index contributed by atoms with van der Waals surface area (Å²) in [5, 5.41) is 22.0. The number of carbonyl (C=O) groups excluding carboxylic acids is 2. The Morgan fingerprint density at radius 3 is 2.84 bits per heavy atom. The van der Waals surface area contributed by atoms with Gasteiger partial charge in [-0.2, -0.15) is 0 Å². The summed E-state index contributed by atoms with van der Waals surface area (Å²) in [7, 11) is 1.69. The molecule has 11 heteroatoms. The zero-order valence-corrected chi connectivity index (χ0v) is 21.5. The standard InChI is InChI=1S/C26H34N6O5/c1-18-13-32(19(2)16-33)25(34)10-7-11-31-14-21(27-29-31)17-36-24(18)15-30(3)26(35)22-12-23(37-28-22)20-8-5-4-6-9-20/h4-6,8-9,12,14,18-19,24,33H,7,10-11,13,15-17H2,1-3H3/t18-,19+,24+/m0/s1. The molecule has 1 aromatic carbocycles. The van der Waals surface area contributed by atoms with Crippen molar-refractivity contribution in [3.63, 3.8) is 0 Å². The second kappa shape index (κ2) is 12.1. The van der Waals surface area contributed by atoms with E-state index >= 15 is 0 Å². The first-order valence-corrected chi connectivity index (χ1v) is 12.5. The maximum absolute atomic E-state index is 13.2. The molecule has 4 rings (SSSR count). The summed E-state index contributed by atoms with van der Waals surface area (Å²) < 4.78 is 13.3. The summed E-state index contributed by atoms with van der Waals surface area (Å²) in [6, 6.07) is 10.8. The summed E-state index contributed by atoms with van der Waals surface area (Å²) >= 11 is 0. The minimum Gasteiger partial charge on any atom is -0.394 e. The molecule has 2 bridgehead atoms. The first-order chi connectivity index (χ1) is 17.9. The fraction of sp³-hybridized carbons (Fsp3) is 0.500. The van der Waals surface area contributed by atoms with Gasteiger partial charge in [-0.25, -0.2) is 0 Å². The molecule has 0 fully saturated rings. The van der Waals surface area contributed by atoms with Crippen molar-refractivity contribution in [1.29, 1.82) is 0 Å². The third-order valence-corrected chi connectivity index (χ3v) is 6.63. The average Bonchev–Trinajstić information content (AvgIpc) is 3.58. The maximum Gasteiger partial charge on any atom is 0.275 e. The van der Waals surface area contributed by atoms with Gasteiger partial charge < -0.3 is 24.2 Å². The largest absolute Gasteiger partial charge is 0.394 e. The Morgan fingerprint density at radius 2 is 2.08 bits per heavy atom. The molecule has 3 aromatic rings. The van der Waals surface area contributed by atoms with E-state index in [1.54, 1.807) is 27.6 Å². The van der Waals surface area contributed by atoms with Crippen LogP contribution in [-0.2, 0) is 22.7 Å². The molecule has 1 aliphatic rings. The van der Waals surface area contributed by atoms with Crippen LogP contribution < -0.4 is 0 Å². The van der Waals surface area contributed by atoms with Gasteiger partial charge in [-0.3, -0.25) is 14.3 Å². The van der Waals surface area contributed by atoms with Crippen LogP contribution in [0.5, 0.6) is 0 Å². The van der Waals surface area contributed by atoms with Gasteiger partial charge in [0, 0.05) is 50.7 Å². The molecule has 3 atom stereocenters. The number of ether oxygens (including phenoxy) is 1. The molecule has 11 nitrogen and oxygen atoms in total. The third kappa shape index (κ3) is 6.60. The van der Waals surface area contributed by atoms with Gasteiger partial charge in [0.2, 0.25) is 5.91 Å². The Morgan fingerprint density at radius 1 is 1.30 bits per heavy atom. The van der Waals surface area contributed by atoms with Crippen LogP contribution in [0.4, 0.5) is 0 Å².